The Morgan fingerprint density at radius 1 is 1.15 bits per heavy atom. The van der Waals surface area contributed by atoms with Crippen LogP contribution in [0.25, 0.3) is 0 Å². The molecule has 0 spiro atoms. The summed E-state index contributed by atoms with van der Waals surface area (Å²) in [5.74, 6) is -1.26. The van der Waals surface area contributed by atoms with Crippen LogP contribution in [0.5, 0.6) is 11.5 Å². The largest absolute Gasteiger partial charge is 0.508 e. The number of ketones is 1. The van der Waals surface area contributed by atoms with Gasteiger partial charge in [-0.2, -0.15) is 0 Å². The van der Waals surface area contributed by atoms with E-state index in [2.05, 4.69) is 4.99 Å². The predicted molar refractivity (Wildman–Crippen MR) is 76.4 cm³/mol. The molecule has 0 amide bonds. The van der Waals surface area contributed by atoms with Crippen LogP contribution in [-0.4, -0.2) is 22.2 Å². The van der Waals surface area contributed by atoms with Gasteiger partial charge in [-0.1, -0.05) is 23.7 Å². The molecular weight excluding hydrogens is 278 g/mol. The van der Waals surface area contributed by atoms with Gasteiger partial charge in [0.15, 0.2) is 5.78 Å². The minimum Gasteiger partial charge on any atom is -0.508 e. The van der Waals surface area contributed by atoms with Gasteiger partial charge >= 0.3 is 0 Å². The zero-order valence-corrected chi connectivity index (χ0v) is 11.0. The van der Waals surface area contributed by atoms with Crippen molar-refractivity contribution in [2.45, 2.75) is 5.92 Å². The highest BCUT2D eigenvalue weighted by Crippen LogP contribution is 2.39. The number of nitrogens with zero attached hydrogens (tertiary/aromatic N) is 1. The zero-order valence-electron chi connectivity index (χ0n) is 10.2. The number of hydrogen-bond donors (Lipinski definition) is 2. The van der Waals surface area contributed by atoms with Crippen molar-refractivity contribution in [2.24, 2.45) is 4.99 Å². The summed E-state index contributed by atoms with van der Waals surface area (Å²) in [6.45, 7) is 0. The van der Waals surface area contributed by atoms with E-state index in [4.69, 9.17) is 11.6 Å². The average molecular weight is 288 g/mol. The number of fused-ring (bicyclic) bond motifs is 1. The van der Waals surface area contributed by atoms with Gasteiger partial charge in [0.25, 0.3) is 0 Å². The molecule has 1 aliphatic heterocycles. The van der Waals surface area contributed by atoms with E-state index in [1.54, 1.807) is 24.3 Å². The Kier molecular flexibility index (Phi) is 2.95. The third-order valence-corrected chi connectivity index (χ3v) is 3.42. The van der Waals surface area contributed by atoms with Gasteiger partial charge in [0.2, 0.25) is 0 Å². The van der Waals surface area contributed by atoms with Crippen LogP contribution >= 0.6 is 11.6 Å². The molecule has 1 heterocycles. The topological polar surface area (TPSA) is 69.9 Å². The summed E-state index contributed by atoms with van der Waals surface area (Å²) < 4.78 is 0. The molecule has 0 fully saturated rings. The lowest BCUT2D eigenvalue weighted by atomic mass is 9.88. The number of carbonyl (C=O) groups is 1. The molecule has 0 saturated carbocycles. The summed E-state index contributed by atoms with van der Waals surface area (Å²) in [4.78, 5) is 16.6. The van der Waals surface area contributed by atoms with Crippen molar-refractivity contribution in [3.8, 4) is 11.5 Å². The minimum atomic E-state index is -0.586. The third-order valence-electron chi connectivity index (χ3n) is 3.18. The molecule has 1 unspecified atom stereocenters. The minimum absolute atomic E-state index is 0.121. The lowest BCUT2D eigenvalue weighted by Gasteiger charge is -2.19. The first-order valence-corrected chi connectivity index (χ1v) is 6.34. The van der Waals surface area contributed by atoms with E-state index in [1.807, 2.05) is 0 Å². The molecule has 2 aromatic carbocycles. The zero-order chi connectivity index (χ0) is 14.3. The van der Waals surface area contributed by atoms with Crippen molar-refractivity contribution in [2.75, 3.05) is 0 Å². The molecule has 1 atom stereocenters. The highest BCUT2D eigenvalue weighted by Gasteiger charge is 2.29. The van der Waals surface area contributed by atoms with Crippen LogP contribution < -0.4 is 0 Å². The molecular formula is C15H10ClNO3. The fraction of sp³-hybridized carbons (Fsp3) is 0.0667. The summed E-state index contributed by atoms with van der Waals surface area (Å²) in [5.41, 5.74) is 1.10. The lowest BCUT2D eigenvalue weighted by Crippen LogP contribution is -2.17. The molecule has 20 heavy (non-hydrogen) atoms. The lowest BCUT2D eigenvalue weighted by molar-refractivity contribution is 0.0980. The van der Waals surface area contributed by atoms with E-state index in [-0.39, 0.29) is 28.5 Å². The first-order chi connectivity index (χ1) is 9.56. The van der Waals surface area contributed by atoms with Gasteiger partial charge in [0.1, 0.15) is 11.5 Å². The third kappa shape index (κ3) is 2.04. The van der Waals surface area contributed by atoms with Gasteiger partial charge in [-0.3, -0.25) is 9.79 Å². The Labute approximate surface area is 120 Å². The Morgan fingerprint density at radius 2 is 1.95 bits per heavy atom. The number of aliphatic imine (C=N–C) groups is 1. The Hall–Kier alpha value is -2.33. The van der Waals surface area contributed by atoms with Crippen LogP contribution in [0.3, 0.4) is 0 Å². The monoisotopic (exact) mass is 287 g/mol. The number of halogens is 1. The first-order valence-electron chi connectivity index (χ1n) is 5.96. The summed E-state index contributed by atoms with van der Waals surface area (Å²) in [6, 6.07) is 9.43. The van der Waals surface area contributed by atoms with E-state index < -0.39 is 5.92 Å². The van der Waals surface area contributed by atoms with Gasteiger partial charge in [0, 0.05) is 23.4 Å². The summed E-state index contributed by atoms with van der Waals surface area (Å²) in [5, 5.41) is 19.8. The maximum atomic E-state index is 12.5. The van der Waals surface area contributed by atoms with Crippen molar-refractivity contribution in [3.63, 3.8) is 0 Å². The normalized spacial score (nSPS) is 17.1. The fourth-order valence-corrected chi connectivity index (χ4v) is 2.47. The number of phenolic OH excluding ortho intramolecular Hbond substituents is 2. The maximum Gasteiger partial charge on any atom is 0.181 e. The van der Waals surface area contributed by atoms with Gasteiger partial charge in [-0.25, -0.2) is 0 Å². The number of aromatic hydroxyl groups is 2. The van der Waals surface area contributed by atoms with Crippen molar-refractivity contribution in [3.05, 3.63) is 52.5 Å². The van der Waals surface area contributed by atoms with E-state index in [9.17, 15) is 15.0 Å². The number of hydrogen-bond acceptors (Lipinski definition) is 4. The molecule has 0 saturated heterocycles. The molecule has 0 bridgehead atoms. The Bertz CT molecular complexity index is 740. The number of rotatable bonds is 1. The molecule has 2 aromatic rings. The average Bonchev–Trinajstić information content (AvgIpc) is 2.38. The molecule has 5 heteroatoms. The number of carbonyl (C=O) groups excluding carboxylic acids is 1. The molecule has 1 aliphatic rings. The Morgan fingerprint density at radius 3 is 2.70 bits per heavy atom. The summed E-state index contributed by atoms with van der Waals surface area (Å²) in [6.07, 6.45) is 1.50. The predicted octanol–water partition coefficient (Wildman–Crippen LogP) is 3.43. The fourth-order valence-electron chi connectivity index (χ4n) is 2.27. The van der Waals surface area contributed by atoms with Gasteiger partial charge in [-0.15, -0.1) is 0 Å². The van der Waals surface area contributed by atoms with Crippen molar-refractivity contribution in [1.82, 2.24) is 0 Å². The standard InChI is InChI=1S/C15H10ClNO3/c16-9-3-1-2-8(4-9)11-7-17-12-5-10(18)6-13(19)14(12)15(11)20/h1-7,11,18-19H. The number of phenols is 2. The summed E-state index contributed by atoms with van der Waals surface area (Å²) in [7, 11) is 0. The van der Waals surface area contributed by atoms with Crippen LogP contribution in [0.1, 0.15) is 21.8 Å². The second-order valence-corrected chi connectivity index (χ2v) is 4.97. The number of Topliss-reactive ketones (excluding diaryl/α,β-unsaturated/α-hetero) is 1. The van der Waals surface area contributed by atoms with E-state index in [0.29, 0.717) is 10.6 Å². The molecule has 3 rings (SSSR count). The molecule has 0 aliphatic carbocycles. The van der Waals surface area contributed by atoms with Crippen LogP contribution in [0.15, 0.2) is 41.4 Å². The second-order valence-electron chi connectivity index (χ2n) is 4.53. The van der Waals surface area contributed by atoms with Crippen molar-refractivity contribution < 1.29 is 15.0 Å². The SMILES string of the molecule is O=C1c2c(O)cc(O)cc2N=CC1c1cccc(Cl)c1. The molecule has 0 aromatic heterocycles. The summed E-state index contributed by atoms with van der Waals surface area (Å²) >= 11 is 5.93. The maximum absolute atomic E-state index is 12.5. The van der Waals surface area contributed by atoms with Gasteiger partial charge in [-0.05, 0) is 17.7 Å². The highest BCUT2D eigenvalue weighted by atomic mass is 35.5. The van der Waals surface area contributed by atoms with Gasteiger partial charge in [0.05, 0.1) is 17.2 Å². The van der Waals surface area contributed by atoms with E-state index in [1.165, 1.54) is 12.3 Å². The second kappa shape index (κ2) is 4.65. The van der Waals surface area contributed by atoms with Crippen LogP contribution in [0.4, 0.5) is 5.69 Å². The number of benzene rings is 2. The highest BCUT2D eigenvalue weighted by molar-refractivity contribution is 6.30. The van der Waals surface area contributed by atoms with Crippen molar-refractivity contribution >= 4 is 29.3 Å². The quantitative estimate of drug-likeness (QED) is 0.844. The van der Waals surface area contributed by atoms with Crippen molar-refractivity contribution in [1.29, 1.82) is 0 Å². The molecule has 2 N–H and O–H groups in total. The van der Waals surface area contributed by atoms with Crippen LogP contribution in [-0.2, 0) is 0 Å². The van der Waals surface area contributed by atoms with Gasteiger partial charge < -0.3 is 10.2 Å². The molecule has 0 radical (unpaired) electrons. The Balaban J connectivity index is 2.10. The van der Waals surface area contributed by atoms with Crippen LogP contribution in [0.2, 0.25) is 5.02 Å². The molecule has 100 valence electrons. The van der Waals surface area contributed by atoms with E-state index in [0.717, 1.165) is 6.07 Å². The molecule has 4 nitrogen and oxygen atoms in total. The smallest absolute Gasteiger partial charge is 0.181 e. The van der Waals surface area contributed by atoms with E-state index >= 15 is 0 Å². The first kappa shape index (κ1) is 12.7. The van der Waals surface area contributed by atoms with Crippen LogP contribution in [0, 0.1) is 0 Å².